The normalized spacial score (nSPS) is 15.3. The zero-order valence-electron chi connectivity index (χ0n) is 15.5. The van der Waals surface area contributed by atoms with Gasteiger partial charge in [-0.2, -0.15) is 0 Å². The molecule has 3 nitrogen and oxygen atoms in total. The first-order valence-electron chi connectivity index (χ1n) is 9.11. The summed E-state index contributed by atoms with van der Waals surface area (Å²) in [4.78, 5) is 16.8. The number of piperazine rings is 1. The number of amides is 1. The highest BCUT2D eigenvalue weighted by Crippen LogP contribution is 2.25. The third-order valence-electron chi connectivity index (χ3n) is 4.93. The molecule has 0 saturated carbocycles. The number of anilines is 1. The van der Waals surface area contributed by atoms with Gasteiger partial charge in [-0.3, -0.25) is 4.79 Å². The van der Waals surface area contributed by atoms with Gasteiger partial charge in [0.2, 0.25) is 5.91 Å². The molecule has 1 aliphatic rings. The lowest BCUT2D eigenvalue weighted by atomic mass is 9.87. The number of hydrogen-bond acceptors (Lipinski definition) is 2. The Kier molecular flexibility index (Phi) is 5.12. The van der Waals surface area contributed by atoms with Crippen LogP contribution in [0.25, 0.3) is 0 Å². The quantitative estimate of drug-likeness (QED) is 0.849. The van der Waals surface area contributed by atoms with Crippen molar-refractivity contribution in [3.63, 3.8) is 0 Å². The lowest BCUT2D eigenvalue weighted by Gasteiger charge is -2.36. The van der Waals surface area contributed by atoms with Gasteiger partial charge in [-0.15, -0.1) is 0 Å². The minimum Gasteiger partial charge on any atom is -0.368 e. The molecule has 132 valence electrons. The molecule has 0 aromatic heterocycles. The summed E-state index contributed by atoms with van der Waals surface area (Å²) < 4.78 is 0. The molecule has 0 bridgehead atoms. The Hall–Kier alpha value is -2.29. The third-order valence-corrected chi connectivity index (χ3v) is 4.93. The van der Waals surface area contributed by atoms with E-state index in [2.05, 4.69) is 49.9 Å². The lowest BCUT2D eigenvalue weighted by molar-refractivity contribution is -0.130. The Bertz CT molecular complexity index is 693. The van der Waals surface area contributed by atoms with Crippen LogP contribution >= 0.6 is 0 Å². The van der Waals surface area contributed by atoms with E-state index in [0.29, 0.717) is 6.42 Å². The van der Waals surface area contributed by atoms with Crippen LogP contribution in [0.3, 0.4) is 0 Å². The lowest BCUT2D eigenvalue weighted by Crippen LogP contribution is -2.49. The van der Waals surface area contributed by atoms with E-state index in [1.807, 2.05) is 35.2 Å². The third kappa shape index (κ3) is 4.41. The SMILES string of the molecule is CC(C)(C)c1ccc(N2CCN(C(=O)Cc3ccccc3)CC2)cc1. The second-order valence-electron chi connectivity index (χ2n) is 7.83. The fourth-order valence-electron chi connectivity index (χ4n) is 3.27. The van der Waals surface area contributed by atoms with Crippen LogP contribution in [0, 0.1) is 0 Å². The summed E-state index contributed by atoms with van der Waals surface area (Å²) in [6, 6.07) is 18.9. The first-order valence-corrected chi connectivity index (χ1v) is 9.11. The van der Waals surface area contributed by atoms with Gasteiger partial charge in [0.05, 0.1) is 6.42 Å². The van der Waals surface area contributed by atoms with E-state index in [-0.39, 0.29) is 11.3 Å². The molecule has 25 heavy (non-hydrogen) atoms. The van der Waals surface area contributed by atoms with Crippen molar-refractivity contribution in [2.24, 2.45) is 0 Å². The first-order chi connectivity index (χ1) is 11.9. The molecule has 0 N–H and O–H groups in total. The average molecular weight is 336 g/mol. The standard InChI is InChI=1S/C22H28N2O/c1-22(2,3)19-9-11-20(12-10-19)23-13-15-24(16-14-23)21(25)17-18-7-5-4-6-8-18/h4-12H,13-17H2,1-3H3. The van der Waals surface area contributed by atoms with Crippen molar-refractivity contribution in [1.82, 2.24) is 4.90 Å². The number of rotatable bonds is 3. The van der Waals surface area contributed by atoms with E-state index < -0.39 is 0 Å². The molecule has 0 aliphatic carbocycles. The molecule has 1 heterocycles. The number of carbonyl (C=O) groups excluding carboxylic acids is 1. The molecule has 0 atom stereocenters. The van der Waals surface area contributed by atoms with Crippen LogP contribution in [0.5, 0.6) is 0 Å². The molecule has 2 aromatic rings. The van der Waals surface area contributed by atoms with Gasteiger partial charge in [0.25, 0.3) is 0 Å². The van der Waals surface area contributed by atoms with Crippen LogP contribution in [0.2, 0.25) is 0 Å². The smallest absolute Gasteiger partial charge is 0.227 e. The summed E-state index contributed by atoms with van der Waals surface area (Å²) in [5, 5.41) is 0. The van der Waals surface area contributed by atoms with Crippen molar-refractivity contribution in [3.8, 4) is 0 Å². The van der Waals surface area contributed by atoms with Gasteiger partial charge in [-0.1, -0.05) is 63.2 Å². The van der Waals surface area contributed by atoms with Gasteiger partial charge in [0, 0.05) is 31.9 Å². The number of nitrogens with zero attached hydrogens (tertiary/aromatic N) is 2. The molecule has 1 amide bonds. The Morgan fingerprint density at radius 3 is 2.04 bits per heavy atom. The average Bonchev–Trinajstić information content (AvgIpc) is 2.62. The summed E-state index contributed by atoms with van der Waals surface area (Å²) in [5.41, 5.74) is 3.88. The molecular formula is C22H28N2O. The largest absolute Gasteiger partial charge is 0.368 e. The van der Waals surface area contributed by atoms with Crippen molar-refractivity contribution >= 4 is 11.6 Å². The molecule has 0 spiro atoms. The maximum absolute atomic E-state index is 12.5. The summed E-state index contributed by atoms with van der Waals surface area (Å²) in [7, 11) is 0. The van der Waals surface area contributed by atoms with Gasteiger partial charge in [0.1, 0.15) is 0 Å². The fraction of sp³-hybridized carbons (Fsp3) is 0.409. The Morgan fingerprint density at radius 2 is 1.48 bits per heavy atom. The summed E-state index contributed by atoms with van der Waals surface area (Å²) in [6.07, 6.45) is 0.501. The summed E-state index contributed by atoms with van der Waals surface area (Å²) >= 11 is 0. The summed E-state index contributed by atoms with van der Waals surface area (Å²) in [5.74, 6) is 0.230. The van der Waals surface area contributed by atoms with Crippen molar-refractivity contribution in [2.75, 3.05) is 31.1 Å². The molecule has 1 aliphatic heterocycles. The van der Waals surface area contributed by atoms with Gasteiger partial charge >= 0.3 is 0 Å². The zero-order valence-corrected chi connectivity index (χ0v) is 15.5. The van der Waals surface area contributed by atoms with Crippen molar-refractivity contribution < 1.29 is 4.79 Å². The van der Waals surface area contributed by atoms with Gasteiger partial charge < -0.3 is 9.80 Å². The van der Waals surface area contributed by atoms with E-state index in [9.17, 15) is 4.79 Å². The maximum Gasteiger partial charge on any atom is 0.227 e. The van der Waals surface area contributed by atoms with Crippen molar-refractivity contribution in [1.29, 1.82) is 0 Å². The second-order valence-corrected chi connectivity index (χ2v) is 7.83. The van der Waals surface area contributed by atoms with Crippen LogP contribution in [0.1, 0.15) is 31.9 Å². The monoisotopic (exact) mass is 336 g/mol. The molecule has 0 radical (unpaired) electrons. The highest BCUT2D eigenvalue weighted by Gasteiger charge is 2.22. The second kappa shape index (κ2) is 7.30. The van der Waals surface area contributed by atoms with Gasteiger partial charge in [0.15, 0.2) is 0 Å². The minimum absolute atomic E-state index is 0.182. The fourth-order valence-corrected chi connectivity index (χ4v) is 3.27. The van der Waals surface area contributed by atoms with Crippen LogP contribution in [-0.4, -0.2) is 37.0 Å². The Balaban J connectivity index is 1.55. The van der Waals surface area contributed by atoms with Crippen LogP contribution in [-0.2, 0) is 16.6 Å². The predicted octanol–water partition coefficient (Wildman–Crippen LogP) is 3.88. The first kappa shape index (κ1) is 17.5. The molecule has 0 unspecified atom stereocenters. The summed E-state index contributed by atoms with van der Waals surface area (Å²) in [6.45, 7) is 10.1. The molecule has 3 rings (SSSR count). The van der Waals surface area contributed by atoms with Gasteiger partial charge in [-0.05, 0) is 28.7 Å². The highest BCUT2D eigenvalue weighted by atomic mass is 16.2. The van der Waals surface area contributed by atoms with Crippen molar-refractivity contribution in [3.05, 3.63) is 65.7 Å². The minimum atomic E-state index is 0.182. The van der Waals surface area contributed by atoms with E-state index in [1.54, 1.807) is 0 Å². The van der Waals surface area contributed by atoms with E-state index in [4.69, 9.17) is 0 Å². The van der Waals surface area contributed by atoms with Crippen LogP contribution < -0.4 is 4.90 Å². The van der Waals surface area contributed by atoms with Crippen LogP contribution in [0.4, 0.5) is 5.69 Å². The number of hydrogen-bond donors (Lipinski definition) is 0. The van der Waals surface area contributed by atoms with E-state index >= 15 is 0 Å². The highest BCUT2D eigenvalue weighted by molar-refractivity contribution is 5.79. The van der Waals surface area contributed by atoms with Gasteiger partial charge in [-0.25, -0.2) is 0 Å². The number of benzene rings is 2. The molecule has 2 aromatic carbocycles. The molecule has 1 saturated heterocycles. The van der Waals surface area contributed by atoms with E-state index in [1.165, 1.54) is 11.3 Å². The topological polar surface area (TPSA) is 23.6 Å². The predicted molar refractivity (Wildman–Crippen MR) is 104 cm³/mol. The molecule has 1 fully saturated rings. The Labute approximate surface area is 151 Å². The van der Waals surface area contributed by atoms with Crippen molar-refractivity contribution in [2.45, 2.75) is 32.6 Å². The Morgan fingerprint density at radius 1 is 0.880 bits per heavy atom. The van der Waals surface area contributed by atoms with Crippen LogP contribution in [0.15, 0.2) is 54.6 Å². The maximum atomic E-state index is 12.5. The number of carbonyl (C=O) groups is 1. The van der Waals surface area contributed by atoms with E-state index in [0.717, 1.165) is 31.7 Å². The molecule has 3 heteroatoms. The molecular weight excluding hydrogens is 308 g/mol. The zero-order chi connectivity index (χ0) is 17.9.